The molecule has 1 aromatic carbocycles. The summed E-state index contributed by atoms with van der Waals surface area (Å²) >= 11 is 0. The number of nitrogens with zero attached hydrogens (tertiary/aromatic N) is 5. The molecule has 0 amide bonds. The lowest BCUT2D eigenvalue weighted by Crippen LogP contribution is -2.31. The maximum Gasteiger partial charge on any atom is 0.387 e. The molecule has 180 valence electrons. The van der Waals surface area contributed by atoms with Crippen molar-refractivity contribution >= 4 is 16.7 Å². The average molecular weight is 478 g/mol. The summed E-state index contributed by atoms with van der Waals surface area (Å²) in [6.45, 7) is -0.764. The number of pyridine rings is 2. The van der Waals surface area contributed by atoms with E-state index in [2.05, 4.69) is 42.6 Å². The first-order valence-electron chi connectivity index (χ1n) is 11.5. The van der Waals surface area contributed by atoms with E-state index in [-0.39, 0.29) is 18.0 Å². The van der Waals surface area contributed by atoms with Crippen molar-refractivity contribution in [3.8, 4) is 16.9 Å². The van der Waals surface area contributed by atoms with E-state index in [4.69, 9.17) is 0 Å². The molecule has 0 bridgehead atoms. The highest BCUT2D eigenvalue weighted by molar-refractivity contribution is 5.97. The highest BCUT2D eigenvalue weighted by Gasteiger charge is 2.19. The second kappa shape index (κ2) is 9.87. The Morgan fingerprint density at radius 2 is 1.83 bits per heavy atom. The molecular weight excluding hydrogens is 452 g/mol. The normalized spacial score (nSPS) is 15.1. The van der Waals surface area contributed by atoms with Crippen molar-refractivity contribution in [3.63, 3.8) is 0 Å². The minimum atomic E-state index is -2.90. The molecule has 0 aliphatic carbocycles. The highest BCUT2D eigenvalue weighted by atomic mass is 19.3. The van der Waals surface area contributed by atoms with Crippen LogP contribution in [0, 0.1) is 0 Å². The predicted molar refractivity (Wildman–Crippen MR) is 128 cm³/mol. The van der Waals surface area contributed by atoms with Crippen molar-refractivity contribution < 1.29 is 18.3 Å². The van der Waals surface area contributed by atoms with Gasteiger partial charge in [0.1, 0.15) is 5.75 Å². The Labute approximate surface area is 201 Å². The van der Waals surface area contributed by atoms with Crippen molar-refractivity contribution in [1.29, 1.82) is 0 Å². The van der Waals surface area contributed by atoms with E-state index in [0.717, 1.165) is 48.0 Å². The summed E-state index contributed by atoms with van der Waals surface area (Å²) in [6, 6.07) is 9.96. The standard InChI is InChI=1S/C26H25F2N5O2/c1-32-8-6-22(7-9-32)33-16-20(14-31-33)19-10-18-11-21(29-15-24(18)30-13-19)12-25(34)17-2-4-23(5-3-17)35-26(27)28/h2-5,10-11,13-16,22,26H,6-9,12H2,1H3. The molecule has 4 aromatic rings. The van der Waals surface area contributed by atoms with E-state index >= 15 is 0 Å². The molecule has 35 heavy (non-hydrogen) atoms. The highest BCUT2D eigenvalue weighted by Crippen LogP contribution is 2.27. The summed E-state index contributed by atoms with van der Waals surface area (Å²) in [5.41, 5.74) is 3.70. The largest absolute Gasteiger partial charge is 0.435 e. The van der Waals surface area contributed by atoms with E-state index in [0.29, 0.717) is 17.3 Å². The van der Waals surface area contributed by atoms with Gasteiger partial charge in [0.05, 0.1) is 30.4 Å². The van der Waals surface area contributed by atoms with Crippen molar-refractivity contribution in [1.82, 2.24) is 24.6 Å². The van der Waals surface area contributed by atoms with E-state index in [9.17, 15) is 13.6 Å². The number of ketones is 1. The first kappa shape index (κ1) is 23.0. The summed E-state index contributed by atoms with van der Waals surface area (Å²) in [5.74, 6) is -0.151. The molecule has 0 spiro atoms. The van der Waals surface area contributed by atoms with Crippen molar-refractivity contribution in [2.24, 2.45) is 0 Å². The lowest BCUT2D eigenvalue weighted by molar-refractivity contribution is -0.0498. The van der Waals surface area contributed by atoms with Crippen LogP contribution in [0.25, 0.3) is 22.0 Å². The molecular formula is C26H25F2N5O2. The Hall–Kier alpha value is -3.72. The number of ether oxygens (including phenoxy) is 1. The minimum absolute atomic E-state index is 0.0122. The van der Waals surface area contributed by atoms with Crippen LogP contribution in [0.1, 0.15) is 34.9 Å². The number of piperidine rings is 1. The Balaban J connectivity index is 1.32. The first-order valence-corrected chi connectivity index (χ1v) is 11.5. The van der Waals surface area contributed by atoms with E-state index < -0.39 is 6.61 Å². The summed E-state index contributed by atoms with van der Waals surface area (Å²) < 4.78 is 31.0. The van der Waals surface area contributed by atoms with Crippen LogP contribution in [0.2, 0.25) is 0 Å². The van der Waals surface area contributed by atoms with Gasteiger partial charge in [0.2, 0.25) is 0 Å². The number of fused-ring (bicyclic) bond motifs is 1. The van der Waals surface area contributed by atoms with Gasteiger partial charge in [-0.1, -0.05) is 0 Å². The van der Waals surface area contributed by atoms with Crippen LogP contribution in [0.3, 0.4) is 0 Å². The number of carbonyl (C=O) groups excluding carboxylic acids is 1. The number of aromatic nitrogens is 4. The van der Waals surface area contributed by atoms with Crippen LogP contribution in [-0.4, -0.2) is 57.2 Å². The number of hydrogen-bond acceptors (Lipinski definition) is 6. The quantitative estimate of drug-likeness (QED) is 0.357. The lowest BCUT2D eigenvalue weighted by atomic mass is 10.0. The zero-order valence-electron chi connectivity index (χ0n) is 19.3. The molecule has 9 heteroatoms. The third kappa shape index (κ3) is 5.35. The zero-order chi connectivity index (χ0) is 24.4. The molecule has 7 nitrogen and oxygen atoms in total. The number of Topliss-reactive ketones (excluding diaryl/α,β-unsaturated/α-hetero) is 1. The van der Waals surface area contributed by atoms with Crippen molar-refractivity contribution in [3.05, 3.63) is 72.4 Å². The number of benzene rings is 1. The number of likely N-dealkylation sites (tertiary alicyclic amines) is 1. The maximum atomic E-state index is 12.7. The predicted octanol–water partition coefficient (Wildman–Crippen LogP) is 4.79. The van der Waals surface area contributed by atoms with Gasteiger partial charge in [0, 0.05) is 40.2 Å². The topological polar surface area (TPSA) is 73.1 Å². The molecule has 3 aromatic heterocycles. The zero-order valence-corrected chi connectivity index (χ0v) is 19.3. The molecule has 1 saturated heterocycles. The van der Waals surface area contributed by atoms with Gasteiger partial charge in [0.25, 0.3) is 0 Å². The van der Waals surface area contributed by atoms with Gasteiger partial charge < -0.3 is 9.64 Å². The molecule has 5 rings (SSSR count). The monoisotopic (exact) mass is 477 g/mol. The van der Waals surface area contributed by atoms with Crippen molar-refractivity contribution in [2.75, 3.05) is 20.1 Å². The van der Waals surface area contributed by atoms with E-state index in [1.807, 2.05) is 24.5 Å². The van der Waals surface area contributed by atoms with Gasteiger partial charge in [-0.3, -0.25) is 19.4 Å². The molecule has 0 saturated carbocycles. The number of halogens is 2. The fourth-order valence-corrected chi connectivity index (χ4v) is 4.37. The summed E-state index contributed by atoms with van der Waals surface area (Å²) in [5, 5.41) is 5.48. The summed E-state index contributed by atoms with van der Waals surface area (Å²) in [4.78, 5) is 23.9. The van der Waals surface area contributed by atoms with Gasteiger partial charge in [-0.25, -0.2) is 0 Å². The van der Waals surface area contributed by atoms with E-state index in [1.165, 1.54) is 24.3 Å². The molecule has 0 N–H and O–H groups in total. The average Bonchev–Trinajstić information content (AvgIpc) is 3.34. The fraction of sp³-hybridized carbons (Fsp3) is 0.308. The fourth-order valence-electron chi connectivity index (χ4n) is 4.37. The molecule has 0 radical (unpaired) electrons. The molecule has 0 unspecified atom stereocenters. The smallest absolute Gasteiger partial charge is 0.387 e. The van der Waals surface area contributed by atoms with Crippen LogP contribution in [0.5, 0.6) is 5.75 Å². The number of carbonyl (C=O) groups is 1. The van der Waals surface area contributed by atoms with Crippen molar-refractivity contribution in [2.45, 2.75) is 31.9 Å². The van der Waals surface area contributed by atoms with Crippen LogP contribution < -0.4 is 4.74 Å². The van der Waals surface area contributed by atoms with Gasteiger partial charge >= 0.3 is 6.61 Å². The van der Waals surface area contributed by atoms with Crippen LogP contribution in [0.4, 0.5) is 8.78 Å². The lowest BCUT2D eigenvalue weighted by Gasteiger charge is -2.28. The third-order valence-corrected chi connectivity index (χ3v) is 6.36. The molecule has 0 atom stereocenters. The number of rotatable bonds is 7. The SMILES string of the molecule is CN1CCC(n2cc(-c3cnc4cnc(CC(=O)c5ccc(OC(F)F)cc5)cc4c3)cn2)CC1. The Kier molecular flexibility index (Phi) is 6.50. The van der Waals surface area contributed by atoms with E-state index in [1.54, 1.807) is 6.20 Å². The molecule has 1 aliphatic rings. The molecule has 1 aliphatic heterocycles. The van der Waals surface area contributed by atoms with Crippen LogP contribution >= 0.6 is 0 Å². The van der Waals surface area contributed by atoms with Gasteiger partial charge in [-0.15, -0.1) is 0 Å². The summed E-state index contributed by atoms with van der Waals surface area (Å²) in [7, 11) is 2.14. The Morgan fingerprint density at radius 3 is 2.57 bits per heavy atom. The minimum Gasteiger partial charge on any atom is -0.435 e. The number of hydrogen-bond donors (Lipinski definition) is 0. The van der Waals surface area contributed by atoms with Crippen LogP contribution in [0.15, 0.2) is 61.2 Å². The van der Waals surface area contributed by atoms with Gasteiger partial charge in [-0.05, 0) is 69.4 Å². The summed E-state index contributed by atoms with van der Waals surface area (Å²) in [6.07, 6.45) is 9.66. The Morgan fingerprint density at radius 1 is 1.06 bits per heavy atom. The van der Waals surface area contributed by atoms with Crippen LogP contribution in [-0.2, 0) is 6.42 Å². The third-order valence-electron chi connectivity index (χ3n) is 6.36. The molecule has 1 fully saturated rings. The second-order valence-corrected chi connectivity index (χ2v) is 8.84. The Bertz CT molecular complexity index is 1330. The number of alkyl halides is 2. The first-order chi connectivity index (χ1) is 16.9. The second-order valence-electron chi connectivity index (χ2n) is 8.84. The maximum absolute atomic E-state index is 12.7. The molecule has 4 heterocycles. The van der Waals surface area contributed by atoms with Gasteiger partial charge in [-0.2, -0.15) is 13.9 Å². The van der Waals surface area contributed by atoms with Gasteiger partial charge in [0.15, 0.2) is 5.78 Å².